The van der Waals surface area contributed by atoms with Crippen LogP contribution >= 0.6 is 15.9 Å². The van der Waals surface area contributed by atoms with Gasteiger partial charge in [0.05, 0.1) is 12.1 Å². The van der Waals surface area contributed by atoms with E-state index in [9.17, 15) is 14.4 Å². The third-order valence-corrected chi connectivity index (χ3v) is 3.68. The van der Waals surface area contributed by atoms with Crippen molar-refractivity contribution in [1.29, 1.82) is 0 Å². The highest BCUT2D eigenvalue weighted by Gasteiger charge is 2.24. The predicted molar refractivity (Wildman–Crippen MR) is 83.2 cm³/mol. The van der Waals surface area contributed by atoms with Crippen molar-refractivity contribution < 1.29 is 19.1 Å². The SMILES string of the molecule is CN(CC(=O)NC1CC1)C(=O)COC(=O)c1ccc(Br)cc1. The Balaban J connectivity index is 1.74. The lowest BCUT2D eigenvalue weighted by Crippen LogP contribution is -2.40. The molecule has 1 aromatic rings. The van der Waals surface area contributed by atoms with E-state index in [1.165, 1.54) is 11.9 Å². The Hall–Kier alpha value is -1.89. The topological polar surface area (TPSA) is 75.7 Å². The van der Waals surface area contributed by atoms with Crippen molar-refractivity contribution in [2.24, 2.45) is 0 Å². The first-order valence-corrected chi connectivity index (χ1v) is 7.71. The Labute approximate surface area is 136 Å². The lowest BCUT2D eigenvalue weighted by atomic mass is 10.2. The number of amides is 2. The van der Waals surface area contributed by atoms with Gasteiger partial charge in [-0.3, -0.25) is 9.59 Å². The maximum Gasteiger partial charge on any atom is 0.338 e. The first-order valence-electron chi connectivity index (χ1n) is 6.91. The number of esters is 1. The monoisotopic (exact) mass is 368 g/mol. The number of halogens is 1. The van der Waals surface area contributed by atoms with E-state index < -0.39 is 11.9 Å². The van der Waals surface area contributed by atoms with Gasteiger partial charge in [0.1, 0.15) is 0 Å². The van der Waals surface area contributed by atoms with E-state index in [0.29, 0.717) is 5.56 Å². The van der Waals surface area contributed by atoms with Crippen molar-refractivity contribution in [3.8, 4) is 0 Å². The number of rotatable bonds is 6. The third kappa shape index (κ3) is 5.14. The number of carbonyl (C=O) groups is 3. The molecule has 0 radical (unpaired) electrons. The average molecular weight is 369 g/mol. The van der Waals surface area contributed by atoms with E-state index in [0.717, 1.165) is 17.3 Å². The molecule has 2 rings (SSSR count). The van der Waals surface area contributed by atoms with E-state index in [2.05, 4.69) is 21.2 Å². The average Bonchev–Trinajstić information content (AvgIpc) is 3.28. The van der Waals surface area contributed by atoms with Crippen LogP contribution in [0.4, 0.5) is 0 Å². The van der Waals surface area contributed by atoms with Crippen LogP contribution in [0.25, 0.3) is 0 Å². The largest absolute Gasteiger partial charge is 0.452 e. The first-order chi connectivity index (χ1) is 10.5. The summed E-state index contributed by atoms with van der Waals surface area (Å²) >= 11 is 3.27. The molecule has 0 aliphatic heterocycles. The number of ether oxygens (including phenoxy) is 1. The van der Waals surface area contributed by atoms with E-state index in [1.54, 1.807) is 24.3 Å². The molecule has 0 spiro atoms. The van der Waals surface area contributed by atoms with Crippen LogP contribution < -0.4 is 5.32 Å². The van der Waals surface area contributed by atoms with Crippen molar-refractivity contribution in [3.05, 3.63) is 34.3 Å². The molecule has 7 heteroatoms. The second-order valence-electron chi connectivity index (χ2n) is 5.17. The van der Waals surface area contributed by atoms with Crippen molar-refractivity contribution in [1.82, 2.24) is 10.2 Å². The van der Waals surface area contributed by atoms with Gasteiger partial charge in [0.15, 0.2) is 6.61 Å². The van der Waals surface area contributed by atoms with Crippen molar-refractivity contribution in [2.75, 3.05) is 20.2 Å². The minimum atomic E-state index is -0.573. The number of nitrogens with one attached hydrogen (secondary N) is 1. The summed E-state index contributed by atoms with van der Waals surface area (Å²) in [5.41, 5.74) is 0.366. The summed E-state index contributed by atoms with van der Waals surface area (Å²) in [6.07, 6.45) is 1.99. The Morgan fingerprint density at radius 2 is 1.91 bits per heavy atom. The zero-order valence-electron chi connectivity index (χ0n) is 12.2. The Morgan fingerprint density at radius 1 is 1.27 bits per heavy atom. The van der Waals surface area contributed by atoms with Gasteiger partial charge in [-0.15, -0.1) is 0 Å². The summed E-state index contributed by atoms with van der Waals surface area (Å²) in [6.45, 7) is -0.423. The highest BCUT2D eigenvalue weighted by Crippen LogP contribution is 2.18. The summed E-state index contributed by atoms with van der Waals surface area (Å²) in [5, 5.41) is 2.79. The van der Waals surface area contributed by atoms with Gasteiger partial charge in [-0.2, -0.15) is 0 Å². The van der Waals surface area contributed by atoms with Crippen LogP contribution in [0.5, 0.6) is 0 Å². The summed E-state index contributed by atoms with van der Waals surface area (Å²) < 4.78 is 5.80. The third-order valence-electron chi connectivity index (χ3n) is 3.16. The van der Waals surface area contributed by atoms with E-state index in [4.69, 9.17) is 4.74 Å². The Morgan fingerprint density at radius 3 is 2.50 bits per heavy atom. The van der Waals surface area contributed by atoms with Crippen LogP contribution in [-0.4, -0.2) is 48.9 Å². The van der Waals surface area contributed by atoms with Gasteiger partial charge < -0.3 is 15.0 Å². The van der Waals surface area contributed by atoms with Gasteiger partial charge in [-0.1, -0.05) is 15.9 Å². The second kappa shape index (κ2) is 7.40. The molecule has 1 aliphatic rings. The summed E-state index contributed by atoms with van der Waals surface area (Å²) in [6, 6.07) is 6.89. The van der Waals surface area contributed by atoms with E-state index >= 15 is 0 Å². The summed E-state index contributed by atoms with van der Waals surface area (Å²) in [4.78, 5) is 36.4. The van der Waals surface area contributed by atoms with Crippen LogP contribution in [0.1, 0.15) is 23.2 Å². The molecule has 0 aromatic heterocycles. The normalized spacial score (nSPS) is 13.4. The fraction of sp³-hybridized carbons (Fsp3) is 0.400. The molecule has 1 aliphatic carbocycles. The van der Waals surface area contributed by atoms with Gasteiger partial charge in [0, 0.05) is 17.6 Å². The van der Waals surface area contributed by atoms with Crippen molar-refractivity contribution >= 4 is 33.7 Å². The van der Waals surface area contributed by atoms with E-state index in [-0.39, 0.29) is 25.1 Å². The van der Waals surface area contributed by atoms with Gasteiger partial charge in [-0.25, -0.2) is 4.79 Å². The second-order valence-corrected chi connectivity index (χ2v) is 6.09. The number of nitrogens with zero attached hydrogens (tertiary/aromatic N) is 1. The fourth-order valence-corrected chi connectivity index (χ4v) is 1.98. The lowest BCUT2D eigenvalue weighted by Gasteiger charge is -2.16. The minimum absolute atomic E-state index is 0.0365. The molecule has 0 heterocycles. The Bertz CT molecular complexity index is 569. The smallest absolute Gasteiger partial charge is 0.338 e. The molecule has 1 saturated carbocycles. The number of hydrogen-bond donors (Lipinski definition) is 1. The minimum Gasteiger partial charge on any atom is -0.452 e. The molecular weight excluding hydrogens is 352 g/mol. The molecule has 0 bridgehead atoms. The first kappa shape index (κ1) is 16.5. The zero-order chi connectivity index (χ0) is 16.1. The molecule has 0 atom stereocenters. The molecule has 22 heavy (non-hydrogen) atoms. The molecular formula is C15H17BrN2O4. The highest BCUT2D eigenvalue weighted by atomic mass is 79.9. The Kier molecular flexibility index (Phi) is 5.54. The number of benzene rings is 1. The molecule has 1 fully saturated rings. The van der Waals surface area contributed by atoms with Crippen molar-refractivity contribution in [2.45, 2.75) is 18.9 Å². The van der Waals surface area contributed by atoms with Crippen molar-refractivity contribution in [3.63, 3.8) is 0 Å². The molecule has 1 N–H and O–H groups in total. The maximum atomic E-state index is 11.8. The zero-order valence-corrected chi connectivity index (χ0v) is 13.8. The molecule has 0 saturated heterocycles. The van der Waals surface area contributed by atoms with Crippen LogP contribution in [0.2, 0.25) is 0 Å². The van der Waals surface area contributed by atoms with Gasteiger partial charge >= 0.3 is 5.97 Å². The standard InChI is InChI=1S/C15H17BrN2O4/c1-18(8-13(19)17-12-6-7-12)14(20)9-22-15(21)10-2-4-11(16)5-3-10/h2-5,12H,6-9H2,1H3,(H,17,19). The van der Waals surface area contributed by atoms with Gasteiger partial charge in [0.25, 0.3) is 5.91 Å². The van der Waals surface area contributed by atoms with E-state index in [1.807, 2.05) is 0 Å². The maximum absolute atomic E-state index is 11.8. The van der Waals surface area contributed by atoms with Crippen LogP contribution in [0.3, 0.4) is 0 Å². The number of likely N-dealkylation sites (N-methyl/N-ethyl adjacent to an activating group) is 1. The quantitative estimate of drug-likeness (QED) is 0.768. The predicted octanol–water partition coefficient (Wildman–Crippen LogP) is 1.34. The lowest BCUT2D eigenvalue weighted by molar-refractivity contribution is -0.137. The fourth-order valence-electron chi connectivity index (χ4n) is 1.71. The molecule has 0 unspecified atom stereocenters. The van der Waals surface area contributed by atoms with Crippen LogP contribution in [-0.2, 0) is 14.3 Å². The number of hydrogen-bond acceptors (Lipinski definition) is 4. The summed E-state index contributed by atoms with van der Waals surface area (Å²) in [7, 11) is 1.50. The molecule has 6 nitrogen and oxygen atoms in total. The number of carbonyl (C=O) groups excluding carboxylic acids is 3. The highest BCUT2D eigenvalue weighted by molar-refractivity contribution is 9.10. The molecule has 118 valence electrons. The molecule has 2 amide bonds. The summed E-state index contributed by atoms with van der Waals surface area (Å²) in [5.74, 6) is -1.19. The van der Waals surface area contributed by atoms with Gasteiger partial charge in [-0.05, 0) is 37.1 Å². The molecule has 1 aromatic carbocycles. The van der Waals surface area contributed by atoms with Crippen LogP contribution in [0.15, 0.2) is 28.7 Å². The van der Waals surface area contributed by atoms with Gasteiger partial charge in [0.2, 0.25) is 5.91 Å². The van der Waals surface area contributed by atoms with Crippen LogP contribution in [0, 0.1) is 0 Å².